The Morgan fingerprint density at radius 2 is 1.84 bits per heavy atom. The zero-order valence-electron chi connectivity index (χ0n) is 16.9. The first-order chi connectivity index (χ1) is 15.4. The predicted molar refractivity (Wildman–Crippen MR) is 108 cm³/mol. The number of carbonyl (C=O) groups excluding carboxylic acids is 1. The topological polar surface area (TPSA) is 88.8 Å². The summed E-state index contributed by atoms with van der Waals surface area (Å²) < 4.78 is 38.3. The van der Waals surface area contributed by atoms with Gasteiger partial charge < -0.3 is 10.2 Å². The molecule has 3 aromatic rings. The number of aromatic nitrogens is 5. The summed E-state index contributed by atoms with van der Waals surface area (Å²) in [5.74, 6) is 0.459. The second-order valence-corrected chi connectivity index (χ2v) is 8.08. The molecule has 1 aromatic carbocycles. The van der Waals surface area contributed by atoms with Gasteiger partial charge in [0.1, 0.15) is 5.82 Å². The Morgan fingerprint density at radius 1 is 1.06 bits per heavy atom. The van der Waals surface area contributed by atoms with Crippen molar-refractivity contribution in [1.82, 2.24) is 29.9 Å². The van der Waals surface area contributed by atoms with Gasteiger partial charge in [-0.05, 0) is 37.3 Å². The SMILES string of the molecule is O=C(c1ccccc1-n1nccn1)N1CC2CC[C@@H]1[C@@H](Nc1cnc(C(F)(F)F)cn1)C2. The molecule has 4 heterocycles. The Labute approximate surface area is 181 Å². The van der Waals surface area contributed by atoms with Gasteiger partial charge in [-0.15, -0.1) is 0 Å². The molecule has 11 heteroatoms. The lowest BCUT2D eigenvalue weighted by atomic mass is 9.76. The van der Waals surface area contributed by atoms with Crippen molar-refractivity contribution in [2.45, 2.75) is 37.5 Å². The first kappa shape index (κ1) is 20.4. The predicted octanol–water partition coefficient (Wildman–Crippen LogP) is 3.18. The van der Waals surface area contributed by atoms with Gasteiger partial charge >= 0.3 is 6.18 Å². The van der Waals surface area contributed by atoms with Crippen molar-refractivity contribution in [3.63, 3.8) is 0 Å². The van der Waals surface area contributed by atoms with Gasteiger partial charge in [0.25, 0.3) is 5.91 Å². The van der Waals surface area contributed by atoms with Crippen molar-refractivity contribution in [3.8, 4) is 5.69 Å². The number of hydrogen-bond acceptors (Lipinski definition) is 6. The largest absolute Gasteiger partial charge is 0.434 e. The van der Waals surface area contributed by atoms with Crippen molar-refractivity contribution in [2.24, 2.45) is 5.92 Å². The number of alkyl halides is 3. The van der Waals surface area contributed by atoms with Gasteiger partial charge in [-0.3, -0.25) is 4.79 Å². The number of anilines is 1. The van der Waals surface area contributed by atoms with Crippen molar-refractivity contribution in [1.29, 1.82) is 0 Å². The monoisotopic (exact) mass is 443 g/mol. The van der Waals surface area contributed by atoms with E-state index in [0.717, 1.165) is 31.7 Å². The number of carbonyl (C=O) groups is 1. The number of piperidine rings is 2. The summed E-state index contributed by atoms with van der Waals surface area (Å²) in [6, 6.07) is 6.96. The maximum atomic E-state index is 13.5. The Kier molecular flexibility index (Phi) is 5.03. The number of nitrogens with zero attached hydrogens (tertiary/aromatic N) is 6. The summed E-state index contributed by atoms with van der Waals surface area (Å²) in [6.45, 7) is 0.640. The standard InChI is InChI=1S/C21H20F3N7O/c22-21(23,24)18-10-26-19(11-25-18)29-15-9-13-5-6-17(15)30(12-13)20(32)14-3-1-2-4-16(14)31-27-7-8-28-31/h1-4,7-8,10-11,13,15,17H,5-6,9,12H2,(H,26,29)/t13?,15-,17+/m0/s1. The molecule has 2 aromatic heterocycles. The van der Waals surface area contributed by atoms with Crippen LogP contribution in [0.1, 0.15) is 35.3 Å². The van der Waals surface area contributed by atoms with Gasteiger partial charge in [-0.2, -0.15) is 28.2 Å². The third kappa shape index (κ3) is 3.78. The smallest absolute Gasteiger partial charge is 0.364 e. The molecule has 1 saturated carbocycles. The summed E-state index contributed by atoms with van der Waals surface area (Å²) in [4.78, 5) is 24.2. The molecule has 3 aliphatic rings. The molecule has 3 fully saturated rings. The molecule has 166 valence electrons. The molecule has 2 saturated heterocycles. The fraction of sp³-hybridized carbons (Fsp3) is 0.381. The first-order valence-electron chi connectivity index (χ1n) is 10.3. The molecular formula is C21H20F3N7O. The van der Waals surface area contributed by atoms with Gasteiger partial charge in [-0.25, -0.2) is 9.97 Å². The highest BCUT2D eigenvalue weighted by molar-refractivity contribution is 5.98. The van der Waals surface area contributed by atoms with Gasteiger partial charge in [0, 0.05) is 12.6 Å². The van der Waals surface area contributed by atoms with Crippen LogP contribution < -0.4 is 5.32 Å². The van der Waals surface area contributed by atoms with Crippen LogP contribution in [0.4, 0.5) is 19.0 Å². The molecule has 0 radical (unpaired) electrons. The zero-order valence-corrected chi connectivity index (χ0v) is 16.9. The highest BCUT2D eigenvalue weighted by Crippen LogP contribution is 2.38. The number of rotatable bonds is 4. The van der Waals surface area contributed by atoms with Crippen molar-refractivity contribution < 1.29 is 18.0 Å². The Morgan fingerprint density at radius 3 is 2.53 bits per heavy atom. The van der Waals surface area contributed by atoms with E-state index in [4.69, 9.17) is 0 Å². The number of para-hydroxylation sites is 1. The van der Waals surface area contributed by atoms with E-state index in [-0.39, 0.29) is 23.8 Å². The summed E-state index contributed by atoms with van der Waals surface area (Å²) in [5.41, 5.74) is 0.0697. The maximum absolute atomic E-state index is 13.5. The van der Waals surface area contributed by atoms with Gasteiger partial charge in [0.2, 0.25) is 0 Å². The van der Waals surface area contributed by atoms with E-state index in [9.17, 15) is 18.0 Å². The number of halogens is 3. The van der Waals surface area contributed by atoms with Crippen LogP contribution in [0.2, 0.25) is 0 Å². The van der Waals surface area contributed by atoms with Crippen molar-refractivity contribution >= 4 is 11.7 Å². The third-order valence-corrected chi connectivity index (χ3v) is 6.08. The van der Waals surface area contributed by atoms with E-state index >= 15 is 0 Å². The maximum Gasteiger partial charge on any atom is 0.434 e. The molecule has 0 spiro atoms. The van der Waals surface area contributed by atoms with E-state index < -0.39 is 11.9 Å². The average molecular weight is 443 g/mol. The molecular weight excluding hydrogens is 423 g/mol. The zero-order chi connectivity index (χ0) is 22.3. The number of nitrogens with one attached hydrogen (secondary N) is 1. The molecule has 1 amide bonds. The molecule has 1 N–H and O–H groups in total. The molecule has 1 aliphatic carbocycles. The van der Waals surface area contributed by atoms with Crippen LogP contribution >= 0.6 is 0 Å². The van der Waals surface area contributed by atoms with Crippen LogP contribution in [0.3, 0.4) is 0 Å². The van der Waals surface area contributed by atoms with Gasteiger partial charge in [0.05, 0.1) is 42.1 Å². The van der Waals surface area contributed by atoms with E-state index in [1.165, 1.54) is 4.80 Å². The third-order valence-electron chi connectivity index (χ3n) is 6.08. The fourth-order valence-electron chi connectivity index (χ4n) is 4.65. The Hall–Kier alpha value is -3.50. The van der Waals surface area contributed by atoms with Crippen LogP contribution in [-0.2, 0) is 6.18 Å². The molecule has 3 atom stereocenters. The first-order valence-corrected chi connectivity index (χ1v) is 10.3. The van der Waals surface area contributed by atoms with Crippen LogP contribution in [-0.4, -0.2) is 54.4 Å². The summed E-state index contributed by atoms with van der Waals surface area (Å²) in [7, 11) is 0. The van der Waals surface area contributed by atoms with Crippen LogP contribution in [0.15, 0.2) is 49.1 Å². The Bertz CT molecular complexity index is 1100. The van der Waals surface area contributed by atoms with E-state index in [1.807, 2.05) is 11.0 Å². The molecule has 2 aliphatic heterocycles. The fourth-order valence-corrected chi connectivity index (χ4v) is 4.65. The Balaban J connectivity index is 1.37. The number of benzene rings is 1. The number of fused-ring (bicyclic) bond motifs is 3. The second-order valence-electron chi connectivity index (χ2n) is 8.08. The van der Waals surface area contributed by atoms with E-state index in [1.54, 1.807) is 30.6 Å². The van der Waals surface area contributed by atoms with Crippen molar-refractivity contribution in [3.05, 3.63) is 60.3 Å². The minimum Gasteiger partial charge on any atom is -0.364 e. The minimum absolute atomic E-state index is 0.102. The summed E-state index contributed by atoms with van der Waals surface area (Å²) >= 11 is 0. The normalized spacial score (nSPS) is 22.7. The molecule has 6 rings (SSSR count). The van der Waals surface area contributed by atoms with Gasteiger partial charge in [0.15, 0.2) is 5.69 Å². The molecule has 2 bridgehead atoms. The molecule has 32 heavy (non-hydrogen) atoms. The molecule has 1 unspecified atom stereocenters. The van der Waals surface area contributed by atoms with E-state index in [2.05, 4.69) is 25.5 Å². The average Bonchev–Trinajstić information content (AvgIpc) is 3.33. The van der Waals surface area contributed by atoms with Crippen LogP contribution in [0.5, 0.6) is 0 Å². The minimum atomic E-state index is -4.53. The number of amides is 1. The summed E-state index contributed by atoms with van der Waals surface area (Å²) in [5, 5.41) is 11.5. The van der Waals surface area contributed by atoms with Crippen molar-refractivity contribution in [2.75, 3.05) is 11.9 Å². The highest BCUT2D eigenvalue weighted by Gasteiger charge is 2.43. The lowest BCUT2D eigenvalue weighted by Gasteiger charge is -2.50. The quantitative estimate of drug-likeness (QED) is 0.666. The van der Waals surface area contributed by atoms with Crippen LogP contribution in [0.25, 0.3) is 5.69 Å². The molecule has 8 nitrogen and oxygen atoms in total. The van der Waals surface area contributed by atoms with Gasteiger partial charge in [-0.1, -0.05) is 12.1 Å². The number of hydrogen-bond donors (Lipinski definition) is 1. The van der Waals surface area contributed by atoms with Crippen LogP contribution in [0, 0.1) is 5.92 Å². The second kappa shape index (κ2) is 7.88. The highest BCUT2D eigenvalue weighted by atomic mass is 19.4. The lowest BCUT2D eigenvalue weighted by molar-refractivity contribution is -0.141. The lowest BCUT2D eigenvalue weighted by Crippen LogP contribution is -2.59. The summed E-state index contributed by atoms with van der Waals surface area (Å²) in [6.07, 6.45) is 3.02. The van der Waals surface area contributed by atoms with E-state index in [0.29, 0.717) is 23.7 Å².